The Morgan fingerprint density at radius 2 is 2.19 bits per heavy atom. The molecule has 7 nitrogen and oxygen atoms in total. The second-order valence-corrected chi connectivity index (χ2v) is 3.65. The van der Waals surface area contributed by atoms with Crippen LogP contribution in [0.1, 0.15) is 29.4 Å². The molecular formula is C9H15N5O2. The Morgan fingerprint density at radius 1 is 1.56 bits per heavy atom. The Labute approximate surface area is 92.6 Å². The lowest BCUT2D eigenvalue weighted by atomic mass is 10.2. The summed E-state index contributed by atoms with van der Waals surface area (Å²) < 4.78 is 0. The van der Waals surface area contributed by atoms with Crippen LogP contribution >= 0.6 is 0 Å². The van der Waals surface area contributed by atoms with Crippen molar-refractivity contribution in [3.63, 3.8) is 0 Å². The standard InChI is InChI=1S/C9H15N5O2/c1-4(3-6(10)15)12-9(16)7-5(2)13-14-8(7)11/h4H,3H2,1-2H3,(H2,10,15)(H,12,16)(H3,11,13,14). The van der Waals surface area contributed by atoms with Gasteiger partial charge >= 0.3 is 0 Å². The lowest BCUT2D eigenvalue weighted by Gasteiger charge is -2.11. The molecule has 88 valence electrons. The molecule has 1 unspecified atom stereocenters. The number of primary amides is 1. The number of hydrogen-bond acceptors (Lipinski definition) is 4. The average Bonchev–Trinajstić information content (AvgIpc) is 2.44. The number of H-pyrrole nitrogens is 1. The van der Waals surface area contributed by atoms with Crippen LogP contribution in [0.4, 0.5) is 5.82 Å². The van der Waals surface area contributed by atoms with Crippen LogP contribution in [0.15, 0.2) is 0 Å². The van der Waals surface area contributed by atoms with Crippen LogP contribution in [0.25, 0.3) is 0 Å². The van der Waals surface area contributed by atoms with Crippen molar-refractivity contribution in [2.24, 2.45) is 5.73 Å². The summed E-state index contributed by atoms with van der Waals surface area (Å²) >= 11 is 0. The van der Waals surface area contributed by atoms with Crippen LogP contribution in [0.5, 0.6) is 0 Å². The number of carbonyl (C=O) groups excluding carboxylic acids is 2. The van der Waals surface area contributed by atoms with Crippen molar-refractivity contribution in [2.75, 3.05) is 5.73 Å². The van der Waals surface area contributed by atoms with E-state index in [1.807, 2.05) is 0 Å². The quantitative estimate of drug-likeness (QED) is 0.540. The first-order valence-electron chi connectivity index (χ1n) is 4.81. The molecule has 2 amide bonds. The number of aromatic amines is 1. The molecule has 1 aromatic rings. The lowest BCUT2D eigenvalue weighted by Crippen LogP contribution is -2.36. The number of anilines is 1. The summed E-state index contributed by atoms with van der Waals surface area (Å²) in [6.45, 7) is 3.38. The predicted molar refractivity (Wildman–Crippen MR) is 58.5 cm³/mol. The van der Waals surface area contributed by atoms with Crippen LogP contribution in [0, 0.1) is 6.92 Å². The first kappa shape index (κ1) is 12.0. The Kier molecular flexibility index (Phi) is 3.49. The molecule has 16 heavy (non-hydrogen) atoms. The summed E-state index contributed by atoms with van der Waals surface area (Å²) in [7, 11) is 0. The van der Waals surface area contributed by atoms with Crippen molar-refractivity contribution in [2.45, 2.75) is 26.3 Å². The highest BCUT2D eigenvalue weighted by Crippen LogP contribution is 2.12. The van der Waals surface area contributed by atoms with Crippen LogP contribution in [0.3, 0.4) is 0 Å². The SMILES string of the molecule is Cc1[nH]nc(N)c1C(=O)NC(C)CC(N)=O. The maximum atomic E-state index is 11.7. The van der Waals surface area contributed by atoms with E-state index >= 15 is 0 Å². The van der Waals surface area contributed by atoms with Gasteiger partial charge in [0.15, 0.2) is 5.82 Å². The topological polar surface area (TPSA) is 127 Å². The first-order chi connectivity index (χ1) is 7.41. The fourth-order valence-electron chi connectivity index (χ4n) is 1.38. The largest absolute Gasteiger partial charge is 0.382 e. The second kappa shape index (κ2) is 4.65. The zero-order chi connectivity index (χ0) is 12.3. The van der Waals surface area contributed by atoms with Gasteiger partial charge in [0.2, 0.25) is 5.91 Å². The highest BCUT2D eigenvalue weighted by atomic mass is 16.2. The predicted octanol–water partition coefficient (Wildman–Crippen LogP) is -0.706. The molecule has 0 saturated carbocycles. The van der Waals surface area contributed by atoms with Gasteiger partial charge in [0, 0.05) is 18.2 Å². The van der Waals surface area contributed by atoms with Crippen molar-refractivity contribution < 1.29 is 9.59 Å². The molecule has 0 aromatic carbocycles. The average molecular weight is 225 g/mol. The Bertz CT molecular complexity index is 393. The molecule has 0 radical (unpaired) electrons. The normalized spacial score (nSPS) is 12.1. The number of aryl methyl sites for hydroxylation is 1. The van der Waals surface area contributed by atoms with E-state index in [4.69, 9.17) is 11.5 Å². The van der Waals surface area contributed by atoms with Crippen molar-refractivity contribution in [3.05, 3.63) is 11.3 Å². The molecule has 7 heteroatoms. The van der Waals surface area contributed by atoms with Gasteiger partial charge in [0.05, 0.1) is 0 Å². The number of amides is 2. The van der Waals surface area contributed by atoms with Gasteiger partial charge in [-0.05, 0) is 13.8 Å². The maximum Gasteiger partial charge on any atom is 0.257 e. The van der Waals surface area contributed by atoms with Gasteiger partial charge in [-0.2, -0.15) is 5.10 Å². The first-order valence-corrected chi connectivity index (χ1v) is 4.81. The van der Waals surface area contributed by atoms with E-state index < -0.39 is 5.91 Å². The minimum atomic E-state index is -0.468. The highest BCUT2D eigenvalue weighted by Gasteiger charge is 2.18. The number of rotatable bonds is 4. The second-order valence-electron chi connectivity index (χ2n) is 3.65. The molecule has 0 aliphatic rings. The summed E-state index contributed by atoms with van der Waals surface area (Å²) in [5.74, 6) is -0.691. The van der Waals surface area contributed by atoms with Gasteiger partial charge in [-0.15, -0.1) is 0 Å². The molecular weight excluding hydrogens is 210 g/mol. The smallest absolute Gasteiger partial charge is 0.257 e. The Balaban J connectivity index is 2.69. The van der Waals surface area contributed by atoms with E-state index in [9.17, 15) is 9.59 Å². The van der Waals surface area contributed by atoms with E-state index in [1.54, 1.807) is 13.8 Å². The minimum Gasteiger partial charge on any atom is -0.382 e. The maximum absolute atomic E-state index is 11.7. The van der Waals surface area contributed by atoms with Crippen molar-refractivity contribution >= 4 is 17.6 Å². The van der Waals surface area contributed by atoms with E-state index in [2.05, 4.69) is 15.5 Å². The van der Waals surface area contributed by atoms with Crippen LogP contribution < -0.4 is 16.8 Å². The number of hydrogen-bond donors (Lipinski definition) is 4. The monoisotopic (exact) mass is 225 g/mol. The van der Waals surface area contributed by atoms with Gasteiger partial charge in [-0.3, -0.25) is 14.7 Å². The summed E-state index contributed by atoms with van der Waals surface area (Å²) in [4.78, 5) is 22.4. The van der Waals surface area contributed by atoms with Gasteiger partial charge in [0.1, 0.15) is 5.56 Å². The van der Waals surface area contributed by atoms with Crippen LogP contribution in [-0.2, 0) is 4.79 Å². The van der Waals surface area contributed by atoms with Gasteiger partial charge < -0.3 is 16.8 Å². The van der Waals surface area contributed by atoms with Crippen molar-refractivity contribution in [1.82, 2.24) is 15.5 Å². The minimum absolute atomic E-state index is 0.0859. The number of nitrogens with one attached hydrogen (secondary N) is 2. The zero-order valence-corrected chi connectivity index (χ0v) is 9.20. The molecule has 0 fully saturated rings. The Morgan fingerprint density at radius 3 is 2.62 bits per heavy atom. The van der Waals surface area contributed by atoms with Gasteiger partial charge in [0.25, 0.3) is 5.91 Å². The molecule has 1 rings (SSSR count). The molecule has 6 N–H and O–H groups in total. The molecule has 0 aliphatic carbocycles. The van der Waals surface area contributed by atoms with Crippen molar-refractivity contribution in [1.29, 1.82) is 0 Å². The molecule has 1 aromatic heterocycles. The fourth-order valence-corrected chi connectivity index (χ4v) is 1.38. The number of nitrogens with two attached hydrogens (primary N) is 2. The van der Waals surface area contributed by atoms with Crippen LogP contribution in [-0.4, -0.2) is 28.1 Å². The molecule has 1 heterocycles. The van der Waals surface area contributed by atoms with E-state index in [1.165, 1.54) is 0 Å². The fraction of sp³-hybridized carbons (Fsp3) is 0.444. The van der Waals surface area contributed by atoms with E-state index in [0.29, 0.717) is 11.3 Å². The van der Waals surface area contributed by atoms with Gasteiger partial charge in [-0.25, -0.2) is 0 Å². The number of aromatic nitrogens is 2. The summed E-state index contributed by atoms with van der Waals surface area (Å²) in [6, 6.07) is -0.335. The highest BCUT2D eigenvalue weighted by molar-refractivity contribution is 5.99. The Hall–Kier alpha value is -2.05. The third-order valence-corrected chi connectivity index (χ3v) is 2.09. The third-order valence-electron chi connectivity index (χ3n) is 2.09. The number of nitrogens with zero attached hydrogens (tertiary/aromatic N) is 1. The molecule has 0 saturated heterocycles. The summed E-state index contributed by atoms with van der Waals surface area (Å²) in [6.07, 6.45) is 0.0859. The zero-order valence-electron chi connectivity index (χ0n) is 9.20. The molecule has 0 spiro atoms. The van der Waals surface area contributed by atoms with E-state index in [0.717, 1.165) is 0 Å². The molecule has 0 aliphatic heterocycles. The van der Waals surface area contributed by atoms with E-state index in [-0.39, 0.29) is 24.2 Å². The summed E-state index contributed by atoms with van der Waals surface area (Å²) in [5.41, 5.74) is 11.4. The number of carbonyl (C=O) groups is 2. The molecule has 0 bridgehead atoms. The number of nitrogen functional groups attached to an aromatic ring is 1. The summed E-state index contributed by atoms with van der Waals surface area (Å²) in [5, 5.41) is 8.93. The lowest BCUT2D eigenvalue weighted by molar-refractivity contribution is -0.118. The van der Waals surface area contributed by atoms with Crippen molar-refractivity contribution in [3.8, 4) is 0 Å². The van der Waals surface area contributed by atoms with Gasteiger partial charge in [-0.1, -0.05) is 0 Å². The molecule has 1 atom stereocenters. The third kappa shape index (κ3) is 2.72. The van der Waals surface area contributed by atoms with Crippen LogP contribution in [0.2, 0.25) is 0 Å².